The summed E-state index contributed by atoms with van der Waals surface area (Å²) in [7, 11) is 0. The molecule has 0 aliphatic carbocycles. The van der Waals surface area contributed by atoms with Gasteiger partial charge in [0.1, 0.15) is 0 Å². The first-order valence-electron chi connectivity index (χ1n) is 3.63. The maximum atomic E-state index is 8.26. The summed E-state index contributed by atoms with van der Waals surface area (Å²) < 4.78 is 1.14. The molecule has 60 valence electrons. The number of nitriles is 1. The zero-order valence-electron chi connectivity index (χ0n) is 6.61. The minimum absolute atomic E-state index is 0.833. The van der Waals surface area contributed by atoms with Crippen molar-refractivity contribution in [2.45, 2.75) is 0 Å². The van der Waals surface area contributed by atoms with Crippen LogP contribution in [0.5, 0.6) is 0 Å². The third-order valence-corrected chi connectivity index (χ3v) is 2.40. The Balaban J connectivity index is 2.56. The molecule has 0 saturated heterocycles. The largest absolute Gasteiger partial charge is 0.245 e. The molecule has 1 aromatic carbocycles. The summed E-state index contributed by atoms with van der Waals surface area (Å²) in [6, 6.07) is 7.52. The van der Waals surface area contributed by atoms with E-state index in [9.17, 15) is 0 Å². The first-order chi connectivity index (χ1) is 6.40. The Labute approximate surface area is 79.5 Å². The summed E-state index contributed by atoms with van der Waals surface area (Å²) in [6.07, 6.45) is 0. The van der Waals surface area contributed by atoms with Crippen molar-refractivity contribution < 1.29 is 0 Å². The van der Waals surface area contributed by atoms with Crippen LogP contribution in [-0.4, -0.2) is 4.98 Å². The topological polar surface area (TPSA) is 36.7 Å². The zero-order valence-corrected chi connectivity index (χ0v) is 7.43. The van der Waals surface area contributed by atoms with Crippen LogP contribution in [0.2, 0.25) is 0 Å². The molecule has 2 rings (SSSR count). The fourth-order valence-corrected chi connectivity index (χ4v) is 1.69. The van der Waals surface area contributed by atoms with E-state index >= 15 is 0 Å². The summed E-state index contributed by atoms with van der Waals surface area (Å²) in [5.74, 6) is 5.08. The van der Waals surface area contributed by atoms with Crippen LogP contribution in [0.1, 0.15) is 5.56 Å². The zero-order chi connectivity index (χ0) is 9.10. The second kappa shape index (κ2) is 3.26. The van der Waals surface area contributed by atoms with Crippen molar-refractivity contribution in [3.8, 4) is 17.9 Å². The van der Waals surface area contributed by atoms with Gasteiger partial charge in [-0.15, -0.1) is 11.3 Å². The van der Waals surface area contributed by atoms with E-state index in [0.717, 1.165) is 15.8 Å². The third-order valence-electron chi connectivity index (χ3n) is 1.59. The molecular formula is C10H4N2S. The van der Waals surface area contributed by atoms with E-state index in [4.69, 9.17) is 5.26 Å². The number of benzene rings is 1. The highest BCUT2D eigenvalue weighted by Crippen LogP contribution is 2.18. The highest BCUT2D eigenvalue weighted by Gasteiger charge is 1.95. The first-order valence-corrected chi connectivity index (χ1v) is 4.51. The monoisotopic (exact) mass is 184 g/mol. The van der Waals surface area contributed by atoms with E-state index < -0.39 is 0 Å². The molecule has 0 saturated carbocycles. The molecule has 0 aliphatic rings. The van der Waals surface area contributed by atoms with Crippen molar-refractivity contribution in [2.75, 3.05) is 0 Å². The Morgan fingerprint density at radius 3 is 3.15 bits per heavy atom. The van der Waals surface area contributed by atoms with Crippen molar-refractivity contribution in [1.82, 2.24) is 4.98 Å². The molecule has 2 aromatic rings. The van der Waals surface area contributed by atoms with Crippen LogP contribution in [0, 0.1) is 23.2 Å². The van der Waals surface area contributed by atoms with Crippen molar-refractivity contribution >= 4 is 21.6 Å². The normalized spacial score (nSPS) is 8.85. The van der Waals surface area contributed by atoms with Gasteiger partial charge in [-0.2, -0.15) is 5.26 Å². The number of fused-ring (bicyclic) bond motifs is 1. The fourth-order valence-electron chi connectivity index (χ4n) is 1.04. The smallest absolute Gasteiger partial charge is 0.152 e. The van der Waals surface area contributed by atoms with Crippen LogP contribution in [-0.2, 0) is 0 Å². The van der Waals surface area contributed by atoms with Crippen molar-refractivity contribution in [3.63, 3.8) is 0 Å². The Kier molecular flexibility index (Phi) is 1.96. The number of thiazole rings is 1. The van der Waals surface area contributed by atoms with E-state index in [1.54, 1.807) is 22.9 Å². The summed E-state index contributed by atoms with van der Waals surface area (Å²) >= 11 is 1.60. The van der Waals surface area contributed by atoms with E-state index in [-0.39, 0.29) is 0 Å². The maximum Gasteiger partial charge on any atom is 0.152 e. The fraction of sp³-hybridized carbons (Fsp3) is 0. The van der Waals surface area contributed by atoms with Gasteiger partial charge in [-0.3, -0.25) is 0 Å². The lowest BCUT2D eigenvalue weighted by molar-refractivity contribution is 1.49. The maximum absolute atomic E-state index is 8.26. The van der Waals surface area contributed by atoms with Gasteiger partial charge in [-0.25, -0.2) is 4.98 Å². The quantitative estimate of drug-likeness (QED) is 0.588. The summed E-state index contributed by atoms with van der Waals surface area (Å²) in [5.41, 5.74) is 3.57. The summed E-state index contributed by atoms with van der Waals surface area (Å²) in [5, 5.41) is 8.26. The molecule has 0 radical (unpaired) electrons. The van der Waals surface area contributed by atoms with Crippen LogP contribution in [0.3, 0.4) is 0 Å². The molecule has 1 heterocycles. The van der Waals surface area contributed by atoms with Crippen molar-refractivity contribution in [1.29, 1.82) is 5.26 Å². The molecule has 0 unspecified atom stereocenters. The number of nitrogens with zero attached hydrogens (tertiary/aromatic N) is 2. The highest BCUT2D eigenvalue weighted by molar-refractivity contribution is 7.16. The number of aromatic nitrogens is 1. The first kappa shape index (κ1) is 7.79. The molecule has 0 aliphatic heterocycles. The van der Waals surface area contributed by atoms with Gasteiger partial charge in [-0.05, 0) is 18.2 Å². The van der Waals surface area contributed by atoms with Crippen LogP contribution in [0.15, 0.2) is 23.7 Å². The van der Waals surface area contributed by atoms with Gasteiger partial charge in [0.2, 0.25) is 0 Å². The summed E-state index contributed by atoms with van der Waals surface area (Å²) in [4.78, 5) is 4.16. The molecule has 13 heavy (non-hydrogen) atoms. The molecule has 2 nitrogen and oxygen atoms in total. The predicted octanol–water partition coefficient (Wildman–Crippen LogP) is 2.17. The molecule has 0 fully saturated rings. The molecule has 0 amide bonds. The lowest BCUT2D eigenvalue weighted by Gasteiger charge is -1.88. The number of rotatable bonds is 0. The Hall–Kier alpha value is -1.84. The standard InChI is InChI=1S/C10H4N2S/c11-5-1-2-8-3-4-10-9(6-8)12-7-13-10/h3-4,6-7H. The lowest BCUT2D eigenvalue weighted by atomic mass is 10.2. The van der Waals surface area contributed by atoms with Gasteiger partial charge in [0.25, 0.3) is 0 Å². The highest BCUT2D eigenvalue weighted by atomic mass is 32.1. The van der Waals surface area contributed by atoms with Crippen LogP contribution in [0.25, 0.3) is 10.2 Å². The molecule has 1 aromatic heterocycles. The van der Waals surface area contributed by atoms with Crippen LogP contribution < -0.4 is 0 Å². The Morgan fingerprint density at radius 2 is 2.31 bits per heavy atom. The van der Waals surface area contributed by atoms with Crippen molar-refractivity contribution in [2.24, 2.45) is 0 Å². The molecule has 3 heteroatoms. The molecule has 0 atom stereocenters. The molecule has 0 bridgehead atoms. The van der Waals surface area contributed by atoms with Crippen molar-refractivity contribution in [3.05, 3.63) is 29.3 Å². The lowest BCUT2D eigenvalue weighted by Crippen LogP contribution is -1.73. The van der Waals surface area contributed by atoms with Gasteiger partial charge in [0, 0.05) is 11.5 Å². The summed E-state index contributed by atoms with van der Waals surface area (Å²) in [6.45, 7) is 0. The van der Waals surface area contributed by atoms with Gasteiger partial charge in [0.15, 0.2) is 6.07 Å². The minimum atomic E-state index is 0.833. The molecule has 0 N–H and O–H groups in total. The van der Waals surface area contributed by atoms with E-state index in [1.165, 1.54) is 0 Å². The average Bonchev–Trinajstić information content (AvgIpc) is 2.61. The second-order valence-corrected chi connectivity index (χ2v) is 3.28. The van der Waals surface area contributed by atoms with Crippen LogP contribution in [0.4, 0.5) is 0 Å². The van der Waals surface area contributed by atoms with E-state index in [1.807, 2.05) is 18.2 Å². The van der Waals surface area contributed by atoms with E-state index in [0.29, 0.717) is 0 Å². The van der Waals surface area contributed by atoms with E-state index in [2.05, 4.69) is 16.8 Å². The predicted molar refractivity (Wildman–Crippen MR) is 52.1 cm³/mol. The van der Waals surface area contributed by atoms with Gasteiger partial charge < -0.3 is 0 Å². The average molecular weight is 184 g/mol. The van der Waals surface area contributed by atoms with Gasteiger partial charge >= 0.3 is 0 Å². The minimum Gasteiger partial charge on any atom is -0.245 e. The third kappa shape index (κ3) is 1.51. The van der Waals surface area contributed by atoms with Crippen LogP contribution >= 0.6 is 11.3 Å². The number of hydrogen-bond donors (Lipinski definition) is 0. The Morgan fingerprint density at radius 1 is 1.38 bits per heavy atom. The van der Waals surface area contributed by atoms with Gasteiger partial charge in [0.05, 0.1) is 15.7 Å². The molecule has 0 spiro atoms. The molecular weight excluding hydrogens is 180 g/mol. The van der Waals surface area contributed by atoms with Gasteiger partial charge in [-0.1, -0.05) is 5.92 Å². The second-order valence-electron chi connectivity index (χ2n) is 2.40. The Bertz CT molecular complexity index is 537. The number of hydrogen-bond acceptors (Lipinski definition) is 3. The SMILES string of the molecule is N#CC#Cc1ccc2scnc2c1.